The molecule has 0 spiro atoms. The van der Waals surface area contributed by atoms with Gasteiger partial charge in [0.25, 0.3) is 0 Å². The van der Waals surface area contributed by atoms with Crippen molar-refractivity contribution in [3.8, 4) is 0 Å². The maximum absolute atomic E-state index is 4.67. The largest absolute Gasteiger partial charge is 0.357 e. The Morgan fingerprint density at radius 3 is 2.60 bits per heavy atom. The maximum Gasteiger partial charge on any atom is 0.172 e. The summed E-state index contributed by atoms with van der Waals surface area (Å²) in [5, 5.41) is 1.13. The monoisotopic (exact) mass is 252 g/mol. The Morgan fingerprint density at radius 1 is 1.40 bits per heavy atom. The molecule has 1 atom stereocenters. The fraction of sp³-hybridized carbons (Fsp3) is 0.875. The molecule has 0 aromatic rings. The molecule has 88 valence electrons. The standard InChI is InChI=1S/C8H16N4S2.FH/c1-10(2)7-9-8(14-13-7)12-5-4-11(3)6-12;/h8H,4-6H2,1-3H3;1H. The van der Waals surface area contributed by atoms with Gasteiger partial charge in [0.05, 0.1) is 6.67 Å². The highest BCUT2D eigenvalue weighted by Gasteiger charge is 2.29. The zero-order valence-electron chi connectivity index (χ0n) is 9.21. The van der Waals surface area contributed by atoms with Gasteiger partial charge in [0.15, 0.2) is 10.7 Å². The molecule has 2 aliphatic rings. The average molecular weight is 252 g/mol. The summed E-state index contributed by atoms with van der Waals surface area (Å²) < 4.78 is 0. The lowest BCUT2D eigenvalue weighted by molar-refractivity contribution is 0.265. The van der Waals surface area contributed by atoms with E-state index in [1.54, 1.807) is 10.8 Å². The number of halogens is 1. The summed E-state index contributed by atoms with van der Waals surface area (Å²) in [6.07, 6.45) is 0. The van der Waals surface area contributed by atoms with Gasteiger partial charge in [-0.3, -0.25) is 14.5 Å². The number of likely N-dealkylation sites (N-methyl/N-ethyl adjacent to an activating group) is 1. The lowest BCUT2D eigenvalue weighted by Crippen LogP contribution is -2.30. The SMILES string of the molecule is CN1CCN(C2N=C(N(C)C)SS2)C1.F. The van der Waals surface area contributed by atoms with E-state index in [1.807, 2.05) is 24.9 Å². The zero-order chi connectivity index (χ0) is 10.1. The topological polar surface area (TPSA) is 22.1 Å². The first-order valence-corrected chi connectivity index (χ1v) is 6.89. The Balaban J connectivity index is 0.00000112. The van der Waals surface area contributed by atoms with E-state index in [9.17, 15) is 0 Å². The fourth-order valence-electron chi connectivity index (χ4n) is 1.49. The minimum absolute atomic E-state index is 0. The summed E-state index contributed by atoms with van der Waals surface area (Å²) in [5.74, 6) is 0. The first-order chi connectivity index (χ1) is 6.66. The van der Waals surface area contributed by atoms with Crippen LogP contribution >= 0.6 is 21.6 Å². The van der Waals surface area contributed by atoms with E-state index < -0.39 is 0 Å². The van der Waals surface area contributed by atoms with Crippen LogP contribution in [0.3, 0.4) is 0 Å². The van der Waals surface area contributed by atoms with Crippen molar-refractivity contribution in [3.05, 3.63) is 0 Å². The Labute approximate surface area is 97.8 Å². The molecular formula is C8H17FN4S2. The predicted molar refractivity (Wildman–Crippen MR) is 66.8 cm³/mol. The van der Waals surface area contributed by atoms with Gasteiger partial charge in [0, 0.05) is 27.2 Å². The molecule has 2 aliphatic heterocycles. The van der Waals surface area contributed by atoms with Gasteiger partial charge in [-0.05, 0) is 28.6 Å². The third-order valence-corrected chi connectivity index (χ3v) is 4.86. The molecule has 0 aromatic carbocycles. The van der Waals surface area contributed by atoms with Crippen molar-refractivity contribution in [3.63, 3.8) is 0 Å². The van der Waals surface area contributed by atoms with Crippen molar-refractivity contribution in [2.45, 2.75) is 5.50 Å². The minimum Gasteiger partial charge on any atom is -0.357 e. The molecule has 0 saturated carbocycles. The van der Waals surface area contributed by atoms with E-state index in [1.165, 1.54) is 0 Å². The molecule has 4 nitrogen and oxygen atoms in total. The molecule has 0 radical (unpaired) electrons. The van der Waals surface area contributed by atoms with Crippen molar-refractivity contribution in [2.75, 3.05) is 40.9 Å². The summed E-state index contributed by atoms with van der Waals surface area (Å²) in [6, 6.07) is 0. The number of amidine groups is 1. The summed E-state index contributed by atoms with van der Waals surface area (Å²) in [5.41, 5.74) is 0.322. The highest BCUT2D eigenvalue weighted by Crippen LogP contribution is 2.38. The van der Waals surface area contributed by atoms with Crippen LogP contribution in [0.25, 0.3) is 0 Å². The van der Waals surface area contributed by atoms with Crippen LogP contribution in [0.1, 0.15) is 0 Å². The van der Waals surface area contributed by atoms with Gasteiger partial charge in [-0.1, -0.05) is 0 Å². The number of nitrogens with zero attached hydrogens (tertiary/aromatic N) is 4. The molecule has 1 unspecified atom stereocenters. The molecule has 15 heavy (non-hydrogen) atoms. The van der Waals surface area contributed by atoms with Gasteiger partial charge in [0.2, 0.25) is 0 Å². The van der Waals surface area contributed by atoms with Gasteiger partial charge in [-0.15, -0.1) is 0 Å². The molecule has 0 N–H and O–H groups in total. The van der Waals surface area contributed by atoms with Crippen LogP contribution in [-0.4, -0.2) is 66.3 Å². The second-order valence-electron chi connectivity index (χ2n) is 3.85. The molecule has 0 bridgehead atoms. The molecular weight excluding hydrogens is 235 g/mol. The summed E-state index contributed by atoms with van der Waals surface area (Å²) in [7, 11) is 9.88. The molecule has 1 saturated heterocycles. The maximum atomic E-state index is 4.67. The Hall–Kier alpha value is 0.0200. The lowest BCUT2D eigenvalue weighted by atomic mass is 10.6. The number of hydrogen-bond donors (Lipinski definition) is 0. The van der Waals surface area contributed by atoms with E-state index in [0.717, 1.165) is 24.9 Å². The van der Waals surface area contributed by atoms with Crippen LogP contribution in [0.4, 0.5) is 4.70 Å². The molecule has 0 amide bonds. The second kappa shape index (κ2) is 5.38. The second-order valence-corrected chi connectivity index (χ2v) is 6.07. The van der Waals surface area contributed by atoms with Gasteiger partial charge >= 0.3 is 0 Å². The van der Waals surface area contributed by atoms with Crippen LogP contribution in [0.5, 0.6) is 0 Å². The van der Waals surface area contributed by atoms with Crippen molar-refractivity contribution in [2.24, 2.45) is 4.99 Å². The van der Waals surface area contributed by atoms with Crippen LogP contribution < -0.4 is 0 Å². The van der Waals surface area contributed by atoms with Crippen LogP contribution in [0, 0.1) is 0 Å². The molecule has 0 aliphatic carbocycles. The summed E-state index contributed by atoms with van der Waals surface area (Å²) in [4.78, 5) is 11.5. The van der Waals surface area contributed by atoms with Gasteiger partial charge in [-0.2, -0.15) is 0 Å². The van der Waals surface area contributed by atoms with Crippen LogP contribution in [0.2, 0.25) is 0 Å². The predicted octanol–water partition coefficient (Wildman–Crippen LogP) is 0.940. The van der Waals surface area contributed by atoms with Crippen molar-refractivity contribution in [1.82, 2.24) is 14.7 Å². The first-order valence-electron chi connectivity index (χ1n) is 4.68. The smallest absolute Gasteiger partial charge is 0.172 e. The van der Waals surface area contributed by atoms with Crippen molar-refractivity contribution in [1.29, 1.82) is 0 Å². The highest BCUT2D eigenvalue weighted by atomic mass is 33.1. The highest BCUT2D eigenvalue weighted by molar-refractivity contribution is 8.82. The average Bonchev–Trinajstić information content (AvgIpc) is 2.70. The Kier molecular flexibility index (Phi) is 4.69. The quantitative estimate of drug-likeness (QED) is 0.646. The van der Waals surface area contributed by atoms with E-state index in [0.29, 0.717) is 5.50 Å². The van der Waals surface area contributed by atoms with E-state index in [2.05, 4.69) is 26.7 Å². The Bertz CT molecular complexity index is 249. The molecule has 1 fully saturated rings. The number of aliphatic imine (C=N–C) groups is 1. The third-order valence-electron chi connectivity index (χ3n) is 2.32. The number of hydrogen-bond acceptors (Lipinski definition) is 6. The van der Waals surface area contributed by atoms with Crippen LogP contribution in [0.15, 0.2) is 4.99 Å². The Morgan fingerprint density at radius 2 is 2.13 bits per heavy atom. The minimum atomic E-state index is 0. The molecule has 0 aromatic heterocycles. The molecule has 2 heterocycles. The van der Waals surface area contributed by atoms with Gasteiger partial charge in [-0.25, -0.2) is 4.99 Å². The van der Waals surface area contributed by atoms with Crippen LogP contribution in [-0.2, 0) is 0 Å². The van der Waals surface area contributed by atoms with Crippen molar-refractivity contribution >= 4 is 26.8 Å². The van der Waals surface area contributed by atoms with Crippen molar-refractivity contribution < 1.29 is 4.70 Å². The van der Waals surface area contributed by atoms with E-state index in [-0.39, 0.29) is 4.70 Å². The lowest BCUT2D eigenvalue weighted by Gasteiger charge is -2.18. The van der Waals surface area contributed by atoms with Gasteiger partial charge < -0.3 is 4.90 Å². The third kappa shape index (κ3) is 2.99. The summed E-state index contributed by atoms with van der Waals surface area (Å²) in [6.45, 7) is 3.34. The van der Waals surface area contributed by atoms with Gasteiger partial charge in [0.1, 0.15) is 0 Å². The summed E-state index contributed by atoms with van der Waals surface area (Å²) >= 11 is 0. The van der Waals surface area contributed by atoms with E-state index in [4.69, 9.17) is 0 Å². The molecule has 7 heteroatoms. The fourth-order valence-corrected chi connectivity index (χ4v) is 4.04. The number of rotatable bonds is 1. The zero-order valence-corrected chi connectivity index (χ0v) is 10.8. The first kappa shape index (κ1) is 13.1. The molecule has 2 rings (SSSR count). The normalized spacial score (nSPS) is 27.7. The van der Waals surface area contributed by atoms with E-state index >= 15 is 0 Å².